The molecule has 1 fully saturated rings. The number of esters is 1. The van der Waals surface area contributed by atoms with Crippen LogP contribution < -0.4 is 14.8 Å². The maximum absolute atomic E-state index is 13.0. The van der Waals surface area contributed by atoms with E-state index >= 15 is 0 Å². The fourth-order valence-corrected chi connectivity index (χ4v) is 4.68. The molecule has 0 unspecified atom stereocenters. The summed E-state index contributed by atoms with van der Waals surface area (Å²) in [5, 5.41) is 3.23. The molecule has 3 rings (SSSR count). The Bertz CT molecular complexity index is 810. The number of fused-ring (bicyclic) bond motifs is 1. The lowest BCUT2D eigenvalue weighted by Gasteiger charge is -2.32. The summed E-state index contributed by atoms with van der Waals surface area (Å²) < 4.78 is 17.5. The van der Waals surface area contributed by atoms with Crippen LogP contribution in [0.25, 0.3) is 0 Å². The molecule has 1 N–H and O–H groups in total. The van der Waals surface area contributed by atoms with Gasteiger partial charge in [-0.15, -0.1) is 0 Å². The highest BCUT2D eigenvalue weighted by molar-refractivity contribution is 5.76. The molecule has 8 heteroatoms. The van der Waals surface area contributed by atoms with Gasteiger partial charge in [0.1, 0.15) is 19.3 Å². The van der Waals surface area contributed by atoms with Crippen molar-refractivity contribution in [2.24, 2.45) is 0 Å². The minimum atomic E-state index is -0.622. The molecular weight excluding hydrogens is 446 g/mol. The van der Waals surface area contributed by atoms with Crippen molar-refractivity contribution < 1.29 is 23.8 Å². The summed E-state index contributed by atoms with van der Waals surface area (Å²) >= 11 is 0. The van der Waals surface area contributed by atoms with Crippen molar-refractivity contribution in [2.45, 2.75) is 70.4 Å². The molecule has 0 radical (unpaired) electrons. The quantitative estimate of drug-likeness (QED) is 0.316. The molecule has 2 heterocycles. The Kier molecular flexibility index (Phi) is 11.1. The SMILES string of the molecule is CCCCCCCC(=O)N[C@H](CN1CCCC1)[C@H](OC(=O)CN(C)C)c1ccc2c(c1)OCCO2. The van der Waals surface area contributed by atoms with Crippen LogP contribution in [-0.2, 0) is 14.3 Å². The number of likely N-dealkylation sites (N-methyl/N-ethyl adjacent to an activating group) is 1. The monoisotopic (exact) mass is 489 g/mol. The number of nitrogens with zero attached hydrogens (tertiary/aromatic N) is 2. The third-order valence-electron chi connectivity index (χ3n) is 6.47. The fraction of sp³-hybridized carbons (Fsp3) is 0.704. The fourth-order valence-electron chi connectivity index (χ4n) is 4.68. The van der Waals surface area contributed by atoms with Crippen LogP contribution in [-0.4, -0.2) is 81.2 Å². The van der Waals surface area contributed by atoms with Crippen molar-refractivity contribution in [3.05, 3.63) is 23.8 Å². The topological polar surface area (TPSA) is 80.3 Å². The Labute approximate surface area is 210 Å². The molecule has 2 aliphatic heterocycles. The predicted molar refractivity (Wildman–Crippen MR) is 136 cm³/mol. The zero-order valence-electron chi connectivity index (χ0n) is 21.7. The van der Waals surface area contributed by atoms with E-state index in [1.54, 1.807) is 4.90 Å². The molecule has 1 aromatic rings. The van der Waals surface area contributed by atoms with Crippen LogP contribution in [0.1, 0.15) is 70.0 Å². The lowest BCUT2D eigenvalue weighted by molar-refractivity contribution is -0.153. The largest absolute Gasteiger partial charge is 0.486 e. The van der Waals surface area contributed by atoms with Crippen LogP contribution in [0.2, 0.25) is 0 Å². The van der Waals surface area contributed by atoms with Crippen molar-refractivity contribution in [2.75, 3.05) is 53.5 Å². The number of carbonyl (C=O) groups is 2. The van der Waals surface area contributed by atoms with E-state index in [1.165, 1.54) is 12.8 Å². The first-order chi connectivity index (χ1) is 17.0. The highest BCUT2D eigenvalue weighted by Gasteiger charge is 2.32. The van der Waals surface area contributed by atoms with Gasteiger partial charge in [-0.25, -0.2) is 0 Å². The van der Waals surface area contributed by atoms with E-state index in [2.05, 4.69) is 17.1 Å². The van der Waals surface area contributed by atoms with Crippen LogP contribution in [0.3, 0.4) is 0 Å². The zero-order valence-corrected chi connectivity index (χ0v) is 21.7. The van der Waals surface area contributed by atoms with Crippen molar-refractivity contribution in [1.29, 1.82) is 0 Å². The van der Waals surface area contributed by atoms with Gasteiger partial charge in [-0.2, -0.15) is 0 Å². The Morgan fingerprint density at radius 2 is 1.77 bits per heavy atom. The second kappa shape index (κ2) is 14.3. The van der Waals surface area contributed by atoms with Crippen molar-refractivity contribution >= 4 is 11.9 Å². The summed E-state index contributed by atoms with van der Waals surface area (Å²) in [6.07, 6.45) is 7.62. The highest BCUT2D eigenvalue weighted by Crippen LogP contribution is 2.35. The number of ether oxygens (including phenoxy) is 3. The summed E-state index contributed by atoms with van der Waals surface area (Å²) in [4.78, 5) is 29.9. The smallest absolute Gasteiger partial charge is 0.320 e. The first-order valence-electron chi connectivity index (χ1n) is 13.2. The van der Waals surface area contributed by atoms with Gasteiger partial charge in [0.25, 0.3) is 0 Å². The van der Waals surface area contributed by atoms with Crippen molar-refractivity contribution in [3.63, 3.8) is 0 Å². The molecule has 8 nitrogen and oxygen atoms in total. The average molecular weight is 490 g/mol. The van der Waals surface area contributed by atoms with Gasteiger partial charge in [0, 0.05) is 13.0 Å². The summed E-state index contributed by atoms with van der Waals surface area (Å²) in [6, 6.07) is 5.30. The lowest BCUT2D eigenvalue weighted by Crippen LogP contribution is -2.48. The maximum Gasteiger partial charge on any atom is 0.320 e. The number of hydrogen-bond acceptors (Lipinski definition) is 7. The van der Waals surface area contributed by atoms with Crippen LogP contribution in [0.15, 0.2) is 18.2 Å². The third kappa shape index (κ3) is 9.00. The average Bonchev–Trinajstić information content (AvgIpc) is 3.34. The minimum Gasteiger partial charge on any atom is -0.486 e. The lowest BCUT2D eigenvalue weighted by atomic mass is 10.00. The Hall–Kier alpha value is -2.32. The van der Waals surface area contributed by atoms with E-state index in [0.717, 1.165) is 50.8 Å². The molecule has 1 aromatic carbocycles. The number of rotatable bonds is 14. The van der Waals surface area contributed by atoms with Gasteiger partial charge in [-0.3, -0.25) is 14.5 Å². The van der Waals surface area contributed by atoms with Gasteiger partial charge in [-0.05, 0) is 64.1 Å². The summed E-state index contributed by atoms with van der Waals surface area (Å²) in [5.41, 5.74) is 0.800. The standard InChI is InChI=1S/C27H43N3O5/c1-4-5-6-7-8-11-25(31)28-22(19-30-14-9-10-15-30)27(35-26(32)20-29(2)3)21-12-13-23-24(18-21)34-17-16-33-23/h12-13,18,22,27H,4-11,14-17,19-20H2,1-3H3,(H,28,31)/t22-,27-/m1/s1. The van der Waals surface area contributed by atoms with Gasteiger partial charge in [0.05, 0.1) is 12.6 Å². The summed E-state index contributed by atoms with van der Waals surface area (Å²) in [5.74, 6) is 1.02. The number of benzene rings is 1. The number of carbonyl (C=O) groups excluding carboxylic acids is 2. The first-order valence-corrected chi connectivity index (χ1v) is 13.2. The second-order valence-corrected chi connectivity index (χ2v) is 9.90. The Morgan fingerprint density at radius 3 is 2.49 bits per heavy atom. The molecule has 0 aromatic heterocycles. The van der Waals surface area contributed by atoms with E-state index in [9.17, 15) is 9.59 Å². The molecule has 0 aliphatic carbocycles. The van der Waals surface area contributed by atoms with Gasteiger partial charge in [0.15, 0.2) is 11.5 Å². The van der Waals surface area contributed by atoms with Gasteiger partial charge in [0.2, 0.25) is 5.91 Å². The predicted octanol–water partition coefficient (Wildman–Crippen LogP) is 3.54. The molecule has 1 amide bonds. The Morgan fingerprint density at radius 1 is 1.06 bits per heavy atom. The zero-order chi connectivity index (χ0) is 25.0. The van der Waals surface area contributed by atoms with E-state index in [0.29, 0.717) is 37.7 Å². The van der Waals surface area contributed by atoms with Gasteiger partial charge < -0.3 is 24.4 Å². The molecule has 196 valence electrons. The molecule has 35 heavy (non-hydrogen) atoms. The molecule has 2 aliphatic rings. The van der Waals surface area contributed by atoms with Crippen LogP contribution in [0, 0.1) is 0 Å². The first kappa shape index (κ1) is 27.3. The van der Waals surface area contributed by atoms with Gasteiger partial charge >= 0.3 is 5.97 Å². The third-order valence-corrected chi connectivity index (χ3v) is 6.47. The van der Waals surface area contributed by atoms with E-state index in [1.807, 2.05) is 32.3 Å². The summed E-state index contributed by atoms with van der Waals surface area (Å²) in [7, 11) is 3.67. The van der Waals surface area contributed by atoms with Crippen molar-refractivity contribution in [1.82, 2.24) is 15.1 Å². The molecule has 0 spiro atoms. The number of likely N-dealkylation sites (tertiary alicyclic amines) is 1. The highest BCUT2D eigenvalue weighted by atomic mass is 16.6. The van der Waals surface area contributed by atoms with E-state index in [4.69, 9.17) is 14.2 Å². The maximum atomic E-state index is 13.0. The summed E-state index contributed by atoms with van der Waals surface area (Å²) in [6.45, 7) is 5.96. The number of nitrogens with one attached hydrogen (secondary N) is 1. The number of hydrogen-bond donors (Lipinski definition) is 1. The molecule has 2 atom stereocenters. The van der Waals surface area contributed by atoms with E-state index in [-0.39, 0.29) is 24.5 Å². The van der Waals surface area contributed by atoms with E-state index < -0.39 is 6.10 Å². The van der Waals surface area contributed by atoms with Crippen LogP contribution in [0.4, 0.5) is 0 Å². The minimum absolute atomic E-state index is 0.0110. The van der Waals surface area contributed by atoms with Gasteiger partial charge in [-0.1, -0.05) is 38.7 Å². The second-order valence-electron chi connectivity index (χ2n) is 9.90. The molecule has 0 bridgehead atoms. The Balaban J connectivity index is 1.79. The number of amides is 1. The molecular formula is C27H43N3O5. The molecule has 1 saturated heterocycles. The number of unbranched alkanes of at least 4 members (excludes halogenated alkanes) is 4. The normalized spacial score (nSPS) is 17.3. The van der Waals surface area contributed by atoms with Crippen molar-refractivity contribution in [3.8, 4) is 11.5 Å². The van der Waals surface area contributed by atoms with Crippen LogP contribution >= 0.6 is 0 Å². The molecule has 0 saturated carbocycles. The van der Waals surface area contributed by atoms with Crippen LogP contribution in [0.5, 0.6) is 11.5 Å².